The van der Waals surface area contributed by atoms with E-state index in [0.717, 1.165) is 5.56 Å². The van der Waals surface area contributed by atoms with Gasteiger partial charge in [0.15, 0.2) is 9.84 Å². The number of hydrogen-bond donors (Lipinski definition) is 0. The summed E-state index contributed by atoms with van der Waals surface area (Å²) in [6.07, 6.45) is 0.537. The Balaban J connectivity index is 1.94. The summed E-state index contributed by atoms with van der Waals surface area (Å²) >= 11 is 1.50. The molecule has 1 amide bonds. The van der Waals surface area contributed by atoms with Crippen molar-refractivity contribution in [2.45, 2.75) is 32.1 Å². The number of sulfone groups is 1. The van der Waals surface area contributed by atoms with Gasteiger partial charge in [0.25, 0.3) is 0 Å². The molecule has 0 bridgehead atoms. The highest BCUT2D eigenvalue weighted by Crippen LogP contribution is 2.21. The molecule has 0 radical (unpaired) electrons. The highest BCUT2D eigenvalue weighted by molar-refractivity contribution is 7.99. The van der Waals surface area contributed by atoms with E-state index in [0.29, 0.717) is 36.0 Å². The summed E-state index contributed by atoms with van der Waals surface area (Å²) in [5, 5.41) is 8.93. The number of carbonyl (C=O) groups is 1. The van der Waals surface area contributed by atoms with Gasteiger partial charge in [-0.15, -0.1) is 11.8 Å². The Kier molecular flexibility index (Phi) is 6.91. The minimum atomic E-state index is -3.01. The Hall–Kier alpha value is -1.52. The summed E-state index contributed by atoms with van der Waals surface area (Å²) in [4.78, 5) is 14.4. The van der Waals surface area contributed by atoms with Gasteiger partial charge in [-0.1, -0.05) is 26.0 Å². The summed E-state index contributed by atoms with van der Waals surface area (Å²) in [7, 11) is -3.01. The predicted molar refractivity (Wildman–Crippen MR) is 101 cm³/mol. The van der Waals surface area contributed by atoms with Crippen LogP contribution in [0.4, 0.5) is 0 Å². The predicted octanol–water partition coefficient (Wildman–Crippen LogP) is 2.46. The van der Waals surface area contributed by atoms with E-state index < -0.39 is 9.84 Å². The maximum Gasteiger partial charge on any atom is 0.232 e. The molecule has 1 aliphatic heterocycles. The molecule has 136 valence electrons. The quantitative estimate of drug-likeness (QED) is 0.726. The third-order valence-electron chi connectivity index (χ3n) is 4.08. The van der Waals surface area contributed by atoms with Gasteiger partial charge in [-0.25, -0.2) is 8.42 Å². The van der Waals surface area contributed by atoms with E-state index in [1.165, 1.54) is 11.8 Å². The van der Waals surface area contributed by atoms with Crippen molar-refractivity contribution >= 4 is 27.5 Å². The summed E-state index contributed by atoms with van der Waals surface area (Å²) in [5.41, 5.74) is 1.62. The number of carbonyl (C=O) groups excluding carboxylic acids is 1. The van der Waals surface area contributed by atoms with E-state index in [1.54, 1.807) is 11.0 Å². The smallest absolute Gasteiger partial charge is 0.232 e. The van der Waals surface area contributed by atoms with Gasteiger partial charge in [-0.3, -0.25) is 4.79 Å². The van der Waals surface area contributed by atoms with Gasteiger partial charge in [-0.2, -0.15) is 5.26 Å². The van der Waals surface area contributed by atoms with Crippen molar-refractivity contribution in [1.82, 2.24) is 4.90 Å². The van der Waals surface area contributed by atoms with E-state index in [9.17, 15) is 13.2 Å². The van der Waals surface area contributed by atoms with E-state index in [1.807, 2.05) is 32.0 Å². The van der Waals surface area contributed by atoms with Crippen molar-refractivity contribution in [3.8, 4) is 6.07 Å². The fraction of sp³-hybridized carbons (Fsp3) is 0.556. The van der Waals surface area contributed by atoms with Crippen LogP contribution in [-0.2, 0) is 20.4 Å². The molecule has 7 heteroatoms. The molecule has 1 aliphatic rings. The largest absolute Gasteiger partial charge is 0.338 e. The molecule has 25 heavy (non-hydrogen) atoms. The van der Waals surface area contributed by atoms with Gasteiger partial charge in [0.2, 0.25) is 5.91 Å². The van der Waals surface area contributed by atoms with Crippen LogP contribution in [0.5, 0.6) is 0 Å². The number of benzene rings is 1. The second kappa shape index (κ2) is 8.72. The molecule has 0 aromatic heterocycles. The summed E-state index contributed by atoms with van der Waals surface area (Å²) in [6.45, 7) is 4.65. The first kappa shape index (κ1) is 19.8. The zero-order valence-electron chi connectivity index (χ0n) is 14.6. The maximum atomic E-state index is 12.6. The van der Waals surface area contributed by atoms with Gasteiger partial charge < -0.3 is 4.90 Å². The van der Waals surface area contributed by atoms with Crippen molar-refractivity contribution < 1.29 is 13.2 Å². The van der Waals surface area contributed by atoms with Gasteiger partial charge >= 0.3 is 0 Å². The van der Waals surface area contributed by atoms with Crippen LogP contribution in [0.3, 0.4) is 0 Å². The highest BCUT2D eigenvalue weighted by atomic mass is 32.2. The van der Waals surface area contributed by atoms with Gasteiger partial charge in [-0.05, 0) is 30.0 Å². The Bertz CT molecular complexity index is 754. The lowest BCUT2D eigenvalue weighted by molar-refractivity contribution is -0.130. The van der Waals surface area contributed by atoms with Crippen LogP contribution in [0.25, 0.3) is 0 Å². The number of nitriles is 1. The van der Waals surface area contributed by atoms with Crippen molar-refractivity contribution in [3.05, 3.63) is 35.4 Å². The molecule has 1 saturated heterocycles. The lowest BCUT2D eigenvalue weighted by atomic mass is 10.1. The lowest BCUT2D eigenvalue weighted by Gasteiger charge is -2.30. The van der Waals surface area contributed by atoms with E-state index in [-0.39, 0.29) is 23.5 Å². The minimum Gasteiger partial charge on any atom is -0.338 e. The molecule has 1 aromatic carbocycles. The number of thioether (sulfide) groups is 1. The minimum absolute atomic E-state index is 0.00256. The number of amides is 1. The number of nitrogens with zero attached hydrogens (tertiary/aromatic N) is 2. The third kappa shape index (κ3) is 6.05. The van der Waals surface area contributed by atoms with Crippen molar-refractivity contribution in [1.29, 1.82) is 5.26 Å². The summed E-state index contributed by atoms with van der Waals surface area (Å²) in [6, 6.07) is 9.27. The van der Waals surface area contributed by atoms with Crippen LogP contribution >= 0.6 is 11.8 Å². The second-order valence-corrected chi connectivity index (χ2v) is 10.0. The van der Waals surface area contributed by atoms with Gasteiger partial charge in [0, 0.05) is 18.3 Å². The highest BCUT2D eigenvalue weighted by Gasteiger charge is 2.34. The standard InChI is InChI=1S/C18H24N2O3S2/c1-14(2)10-20(17-6-7-25(22,23)13-17)18(21)12-24-11-16-5-3-4-15(8-16)9-19/h3-5,8,14,17H,6-7,10-13H2,1-2H3/t17-/m1/s1. The molecule has 1 aromatic rings. The molecule has 1 atom stereocenters. The molecular formula is C18H24N2O3S2. The number of hydrogen-bond acceptors (Lipinski definition) is 5. The first-order valence-corrected chi connectivity index (χ1v) is 11.3. The first-order chi connectivity index (χ1) is 11.8. The summed E-state index contributed by atoms with van der Waals surface area (Å²) < 4.78 is 23.5. The zero-order valence-corrected chi connectivity index (χ0v) is 16.3. The van der Waals surface area contributed by atoms with Crippen LogP contribution in [0.2, 0.25) is 0 Å². The molecular weight excluding hydrogens is 356 g/mol. The van der Waals surface area contributed by atoms with Gasteiger partial charge in [0.05, 0.1) is 28.9 Å². The van der Waals surface area contributed by atoms with Crippen molar-refractivity contribution in [2.75, 3.05) is 23.8 Å². The van der Waals surface area contributed by atoms with Crippen LogP contribution in [-0.4, -0.2) is 49.1 Å². The Morgan fingerprint density at radius 3 is 2.80 bits per heavy atom. The normalized spacial score (nSPS) is 18.9. The van der Waals surface area contributed by atoms with E-state index >= 15 is 0 Å². The van der Waals surface area contributed by atoms with E-state index in [2.05, 4.69) is 6.07 Å². The molecule has 0 unspecified atom stereocenters. The fourth-order valence-electron chi connectivity index (χ4n) is 2.94. The number of rotatable bonds is 7. The Morgan fingerprint density at radius 1 is 1.44 bits per heavy atom. The SMILES string of the molecule is CC(C)CN(C(=O)CSCc1cccc(C#N)c1)[C@@H]1CCS(=O)(=O)C1. The van der Waals surface area contributed by atoms with Crippen LogP contribution in [0.1, 0.15) is 31.4 Å². The van der Waals surface area contributed by atoms with Crippen LogP contribution in [0, 0.1) is 17.2 Å². The topological polar surface area (TPSA) is 78.2 Å². The molecule has 0 saturated carbocycles. The van der Waals surface area contributed by atoms with Crippen molar-refractivity contribution in [3.63, 3.8) is 0 Å². The Morgan fingerprint density at radius 2 is 2.20 bits per heavy atom. The molecule has 0 spiro atoms. The van der Waals surface area contributed by atoms with Crippen LogP contribution in [0.15, 0.2) is 24.3 Å². The average molecular weight is 381 g/mol. The lowest BCUT2D eigenvalue weighted by Crippen LogP contribution is -2.44. The Labute approximate surface area is 154 Å². The zero-order chi connectivity index (χ0) is 18.4. The van der Waals surface area contributed by atoms with Gasteiger partial charge in [0.1, 0.15) is 0 Å². The molecule has 5 nitrogen and oxygen atoms in total. The maximum absolute atomic E-state index is 12.6. The van der Waals surface area contributed by atoms with Crippen molar-refractivity contribution in [2.24, 2.45) is 5.92 Å². The molecule has 1 heterocycles. The molecule has 0 N–H and O–H groups in total. The third-order valence-corrected chi connectivity index (χ3v) is 6.82. The molecule has 1 fully saturated rings. The second-order valence-electron chi connectivity index (χ2n) is 6.80. The molecule has 2 rings (SSSR count). The fourth-order valence-corrected chi connectivity index (χ4v) is 5.53. The summed E-state index contributed by atoms with van der Waals surface area (Å²) in [5.74, 6) is 1.52. The molecule has 0 aliphatic carbocycles. The average Bonchev–Trinajstić information content (AvgIpc) is 2.92. The van der Waals surface area contributed by atoms with Crippen LogP contribution < -0.4 is 0 Å². The van der Waals surface area contributed by atoms with E-state index in [4.69, 9.17) is 5.26 Å². The monoisotopic (exact) mass is 380 g/mol. The first-order valence-electron chi connectivity index (χ1n) is 8.37.